The van der Waals surface area contributed by atoms with Crippen LogP contribution in [0.2, 0.25) is 0 Å². The predicted molar refractivity (Wildman–Crippen MR) is 77.1 cm³/mol. The summed E-state index contributed by atoms with van der Waals surface area (Å²) in [6, 6.07) is 10.4. The zero-order chi connectivity index (χ0) is 15.0. The van der Waals surface area contributed by atoms with E-state index in [2.05, 4.69) is 10.3 Å². The Labute approximate surface area is 120 Å². The summed E-state index contributed by atoms with van der Waals surface area (Å²) < 4.78 is 6.73. The normalized spacial score (nSPS) is 10.8. The molecule has 21 heavy (non-hydrogen) atoms. The Morgan fingerprint density at radius 2 is 2.10 bits per heavy atom. The fourth-order valence-corrected chi connectivity index (χ4v) is 2.31. The molecule has 0 aliphatic heterocycles. The molecule has 1 N–H and O–H groups in total. The number of hydrogen-bond donors (Lipinski definition) is 1. The summed E-state index contributed by atoms with van der Waals surface area (Å²) in [7, 11) is 1.60. The van der Waals surface area contributed by atoms with Gasteiger partial charge in [0.2, 0.25) is 0 Å². The van der Waals surface area contributed by atoms with E-state index in [0.717, 1.165) is 17.0 Å². The molecule has 0 bridgehead atoms. The van der Waals surface area contributed by atoms with Gasteiger partial charge in [0.25, 0.3) is 0 Å². The minimum Gasteiger partial charge on any atom is -0.497 e. The first kappa shape index (κ1) is 13.1. The lowest BCUT2D eigenvalue weighted by molar-refractivity contribution is 0.0698. The second kappa shape index (κ2) is 4.90. The average Bonchev–Trinajstić information content (AvgIpc) is 2.90. The van der Waals surface area contributed by atoms with E-state index >= 15 is 0 Å². The third-order valence-electron chi connectivity index (χ3n) is 3.33. The standard InChI is InChI=1S/C15H13N3O3/c1-9-8-10(21-2)6-7-13(9)18-14-11(15(19)20)4-3-5-12(14)16-17-18/h3-8H,1-2H3,(H,19,20). The number of aromatic nitrogens is 3. The van der Waals surface area contributed by atoms with Gasteiger partial charge in [0, 0.05) is 0 Å². The molecular formula is C15H13N3O3. The highest BCUT2D eigenvalue weighted by molar-refractivity contribution is 6.01. The molecule has 0 atom stereocenters. The van der Waals surface area contributed by atoms with Crippen molar-refractivity contribution in [2.45, 2.75) is 6.92 Å². The van der Waals surface area contributed by atoms with Crippen molar-refractivity contribution in [3.63, 3.8) is 0 Å². The molecule has 0 saturated heterocycles. The number of benzene rings is 2. The number of fused-ring (bicyclic) bond motifs is 1. The molecule has 6 heteroatoms. The van der Waals surface area contributed by atoms with Crippen molar-refractivity contribution in [3.8, 4) is 11.4 Å². The quantitative estimate of drug-likeness (QED) is 0.798. The SMILES string of the molecule is COc1ccc(-n2nnc3cccc(C(=O)O)c32)c(C)c1. The van der Waals surface area contributed by atoms with Crippen LogP contribution in [0.4, 0.5) is 0 Å². The van der Waals surface area contributed by atoms with Crippen LogP contribution < -0.4 is 4.74 Å². The lowest BCUT2D eigenvalue weighted by Crippen LogP contribution is -2.04. The molecule has 0 unspecified atom stereocenters. The number of ether oxygens (including phenoxy) is 1. The van der Waals surface area contributed by atoms with E-state index in [1.54, 1.807) is 36.1 Å². The minimum absolute atomic E-state index is 0.174. The molecule has 0 spiro atoms. The summed E-state index contributed by atoms with van der Waals surface area (Å²) in [4.78, 5) is 11.4. The van der Waals surface area contributed by atoms with Crippen molar-refractivity contribution < 1.29 is 14.6 Å². The fraction of sp³-hybridized carbons (Fsp3) is 0.133. The minimum atomic E-state index is -1.00. The first-order valence-electron chi connectivity index (χ1n) is 6.34. The van der Waals surface area contributed by atoms with Gasteiger partial charge in [-0.25, -0.2) is 9.48 Å². The Kier molecular flexibility index (Phi) is 3.06. The molecule has 3 aromatic rings. The van der Waals surface area contributed by atoms with Crippen LogP contribution in [0.15, 0.2) is 36.4 Å². The third-order valence-corrected chi connectivity index (χ3v) is 3.33. The summed E-state index contributed by atoms with van der Waals surface area (Å²) in [5, 5.41) is 17.5. The second-order valence-corrected chi connectivity index (χ2v) is 4.63. The van der Waals surface area contributed by atoms with Gasteiger partial charge in [-0.3, -0.25) is 0 Å². The molecule has 106 valence electrons. The predicted octanol–water partition coefficient (Wildman–Crippen LogP) is 2.44. The molecule has 0 aliphatic rings. The van der Waals surface area contributed by atoms with Gasteiger partial charge in [-0.15, -0.1) is 5.10 Å². The van der Waals surface area contributed by atoms with E-state index in [-0.39, 0.29) is 5.56 Å². The van der Waals surface area contributed by atoms with Crippen LogP contribution in [0.25, 0.3) is 16.7 Å². The van der Waals surface area contributed by atoms with Crippen LogP contribution in [-0.4, -0.2) is 33.2 Å². The summed E-state index contributed by atoms with van der Waals surface area (Å²) >= 11 is 0. The molecule has 0 fully saturated rings. The lowest BCUT2D eigenvalue weighted by atomic mass is 10.1. The molecule has 2 aromatic carbocycles. The van der Waals surface area contributed by atoms with E-state index in [1.165, 1.54) is 0 Å². The highest BCUT2D eigenvalue weighted by Gasteiger charge is 2.16. The Balaban J connectivity index is 2.28. The highest BCUT2D eigenvalue weighted by atomic mass is 16.5. The van der Waals surface area contributed by atoms with E-state index in [9.17, 15) is 9.90 Å². The van der Waals surface area contributed by atoms with Crippen LogP contribution in [0.3, 0.4) is 0 Å². The van der Waals surface area contributed by atoms with E-state index in [4.69, 9.17) is 4.74 Å². The number of rotatable bonds is 3. The number of aromatic carboxylic acids is 1. The van der Waals surface area contributed by atoms with Gasteiger partial charge < -0.3 is 9.84 Å². The molecule has 1 heterocycles. The van der Waals surface area contributed by atoms with Crippen molar-refractivity contribution >= 4 is 17.0 Å². The van der Waals surface area contributed by atoms with Gasteiger partial charge in [-0.2, -0.15) is 0 Å². The first-order chi connectivity index (χ1) is 10.1. The van der Waals surface area contributed by atoms with Gasteiger partial charge in [-0.05, 0) is 42.8 Å². The van der Waals surface area contributed by atoms with Crippen molar-refractivity contribution in [1.82, 2.24) is 15.0 Å². The average molecular weight is 283 g/mol. The van der Waals surface area contributed by atoms with Gasteiger partial charge in [0.1, 0.15) is 16.8 Å². The van der Waals surface area contributed by atoms with Crippen LogP contribution in [0, 0.1) is 6.92 Å². The van der Waals surface area contributed by atoms with Gasteiger partial charge in [0.05, 0.1) is 18.4 Å². The number of hydrogen-bond acceptors (Lipinski definition) is 4. The first-order valence-corrected chi connectivity index (χ1v) is 6.34. The monoisotopic (exact) mass is 283 g/mol. The van der Waals surface area contributed by atoms with Gasteiger partial charge in [0.15, 0.2) is 0 Å². The lowest BCUT2D eigenvalue weighted by Gasteiger charge is -2.09. The topological polar surface area (TPSA) is 77.2 Å². The van der Waals surface area contributed by atoms with E-state index in [0.29, 0.717) is 11.0 Å². The van der Waals surface area contributed by atoms with Crippen molar-refractivity contribution in [2.75, 3.05) is 7.11 Å². The number of para-hydroxylation sites is 1. The van der Waals surface area contributed by atoms with E-state index in [1.807, 2.05) is 19.1 Å². The molecule has 0 saturated carbocycles. The van der Waals surface area contributed by atoms with Crippen LogP contribution in [0.5, 0.6) is 5.75 Å². The largest absolute Gasteiger partial charge is 0.497 e. The zero-order valence-corrected chi connectivity index (χ0v) is 11.6. The van der Waals surface area contributed by atoms with Crippen LogP contribution in [-0.2, 0) is 0 Å². The summed E-state index contributed by atoms with van der Waals surface area (Å²) in [5.41, 5.74) is 2.89. The van der Waals surface area contributed by atoms with Gasteiger partial charge >= 0.3 is 5.97 Å². The summed E-state index contributed by atoms with van der Waals surface area (Å²) in [6.45, 7) is 1.91. The van der Waals surface area contributed by atoms with Crippen LogP contribution in [0.1, 0.15) is 15.9 Å². The number of carboxylic acids is 1. The fourth-order valence-electron chi connectivity index (χ4n) is 2.31. The maximum Gasteiger partial charge on any atom is 0.337 e. The van der Waals surface area contributed by atoms with Crippen molar-refractivity contribution in [1.29, 1.82) is 0 Å². The molecule has 0 radical (unpaired) electrons. The summed E-state index contributed by atoms with van der Waals surface area (Å²) in [5.74, 6) is -0.269. The Bertz CT molecular complexity index is 839. The van der Waals surface area contributed by atoms with Crippen molar-refractivity contribution in [3.05, 3.63) is 47.5 Å². The number of nitrogens with zero attached hydrogens (tertiary/aromatic N) is 3. The molecule has 0 amide bonds. The Morgan fingerprint density at radius 3 is 2.76 bits per heavy atom. The molecular weight excluding hydrogens is 270 g/mol. The molecule has 6 nitrogen and oxygen atoms in total. The maximum atomic E-state index is 11.4. The van der Waals surface area contributed by atoms with E-state index < -0.39 is 5.97 Å². The third kappa shape index (κ3) is 2.10. The number of carbonyl (C=O) groups is 1. The highest BCUT2D eigenvalue weighted by Crippen LogP contribution is 2.25. The molecule has 3 rings (SSSR count). The van der Waals surface area contributed by atoms with Crippen LogP contribution >= 0.6 is 0 Å². The smallest absolute Gasteiger partial charge is 0.337 e. The Hall–Kier alpha value is -2.89. The number of aryl methyl sites for hydroxylation is 1. The Morgan fingerprint density at radius 1 is 1.29 bits per heavy atom. The molecule has 1 aromatic heterocycles. The zero-order valence-electron chi connectivity index (χ0n) is 11.6. The number of carboxylic acid groups (broad SMARTS) is 1. The molecule has 0 aliphatic carbocycles. The van der Waals surface area contributed by atoms with Crippen molar-refractivity contribution in [2.24, 2.45) is 0 Å². The number of methoxy groups -OCH3 is 1. The second-order valence-electron chi connectivity index (χ2n) is 4.63. The van der Waals surface area contributed by atoms with Gasteiger partial charge in [-0.1, -0.05) is 11.3 Å². The maximum absolute atomic E-state index is 11.4. The summed E-state index contributed by atoms with van der Waals surface area (Å²) in [6.07, 6.45) is 0.